The molecule has 20 heavy (non-hydrogen) atoms. The Balaban J connectivity index is 2.31. The first-order valence-electron chi connectivity index (χ1n) is 6.70. The zero-order valence-electron chi connectivity index (χ0n) is 12.1. The number of aryl methyl sites for hydroxylation is 1. The smallest absolute Gasteiger partial charge is 0.317 e. The van der Waals surface area contributed by atoms with Gasteiger partial charge >= 0.3 is 6.03 Å². The van der Waals surface area contributed by atoms with Crippen LogP contribution in [0.4, 0.5) is 4.79 Å². The number of hydrogen-bond acceptors (Lipinski definition) is 4. The van der Waals surface area contributed by atoms with Crippen LogP contribution in [0, 0.1) is 5.41 Å². The van der Waals surface area contributed by atoms with Gasteiger partial charge in [0, 0.05) is 24.9 Å². The van der Waals surface area contributed by atoms with Gasteiger partial charge in [-0.15, -0.1) is 0 Å². The number of aromatic nitrogens is 1. The predicted molar refractivity (Wildman–Crippen MR) is 79.6 cm³/mol. The van der Waals surface area contributed by atoms with Crippen LogP contribution in [0.15, 0.2) is 18.3 Å². The predicted octanol–water partition coefficient (Wildman–Crippen LogP) is 1.50. The van der Waals surface area contributed by atoms with Gasteiger partial charge in [0.1, 0.15) is 5.84 Å². The molecule has 1 aromatic heterocycles. The summed E-state index contributed by atoms with van der Waals surface area (Å²) in [5, 5.41) is 9.75. The van der Waals surface area contributed by atoms with E-state index in [1.807, 2.05) is 26.4 Å². The maximum atomic E-state index is 10.5. The van der Waals surface area contributed by atoms with Crippen molar-refractivity contribution in [3.8, 4) is 0 Å². The zero-order valence-corrected chi connectivity index (χ0v) is 12.1. The number of nitrogens with zero attached hydrogens (tertiary/aromatic N) is 2. The summed E-state index contributed by atoms with van der Waals surface area (Å²) in [4.78, 5) is 17.0. The van der Waals surface area contributed by atoms with Crippen molar-refractivity contribution >= 4 is 11.9 Å². The molecule has 0 aliphatic heterocycles. The monoisotopic (exact) mass is 277 g/mol. The molecule has 110 valence electrons. The normalized spacial score (nSPS) is 10.6. The number of carbonyl (C=O) groups is 1. The second-order valence-electron chi connectivity index (χ2n) is 5.07. The maximum absolute atomic E-state index is 10.5. The molecule has 0 aliphatic carbocycles. The van der Waals surface area contributed by atoms with Crippen molar-refractivity contribution in [1.29, 1.82) is 5.41 Å². The molecule has 0 saturated carbocycles. The molecule has 0 unspecified atom stereocenters. The van der Waals surface area contributed by atoms with Crippen molar-refractivity contribution in [3.05, 3.63) is 29.6 Å². The SMILES string of the molecule is CN(C)Cc1ccnc(CCCCC(=N)NC(N)=O)c1. The number of carbonyl (C=O) groups excluding carboxylic acids is 1. The molecule has 1 heterocycles. The van der Waals surface area contributed by atoms with Gasteiger partial charge < -0.3 is 10.6 Å². The fourth-order valence-corrected chi connectivity index (χ4v) is 1.95. The third-order valence-electron chi connectivity index (χ3n) is 2.76. The van der Waals surface area contributed by atoms with Gasteiger partial charge in [0.05, 0.1) is 0 Å². The van der Waals surface area contributed by atoms with Crippen molar-refractivity contribution in [1.82, 2.24) is 15.2 Å². The van der Waals surface area contributed by atoms with Gasteiger partial charge in [-0.05, 0) is 51.1 Å². The summed E-state index contributed by atoms with van der Waals surface area (Å²) in [5.74, 6) is 0.173. The van der Waals surface area contributed by atoms with E-state index in [4.69, 9.17) is 11.1 Å². The molecule has 0 radical (unpaired) electrons. The molecule has 6 heteroatoms. The number of rotatable bonds is 7. The van der Waals surface area contributed by atoms with E-state index in [0.717, 1.165) is 31.5 Å². The number of amidine groups is 1. The molecule has 0 aromatic carbocycles. The Labute approximate surface area is 119 Å². The van der Waals surface area contributed by atoms with Crippen LogP contribution in [0.2, 0.25) is 0 Å². The van der Waals surface area contributed by atoms with Crippen molar-refractivity contribution in [2.45, 2.75) is 32.2 Å². The first kappa shape index (κ1) is 16.1. The van der Waals surface area contributed by atoms with Crippen LogP contribution >= 0.6 is 0 Å². The minimum Gasteiger partial charge on any atom is -0.351 e. The van der Waals surface area contributed by atoms with Gasteiger partial charge in [0.15, 0.2) is 0 Å². The maximum Gasteiger partial charge on any atom is 0.317 e. The highest BCUT2D eigenvalue weighted by Crippen LogP contribution is 2.08. The molecular formula is C14H23N5O. The van der Waals surface area contributed by atoms with Crippen molar-refractivity contribution in [2.24, 2.45) is 5.73 Å². The summed E-state index contributed by atoms with van der Waals surface area (Å²) in [6, 6.07) is 3.47. The fourth-order valence-electron chi connectivity index (χ4n) is 1.95. The molecule has 2 amide bonds. The van der Waals surface area contributed by atoms with Crippen molar-refractivity contribution < 1.29 is 4.79 Å². The quantitative estimate of drug-likeness (QED) is 0.400. The fraction of sp³-hybridized carbons (Fsp3) is 0.500. The Morgan fingerprint density at radius 3 is 2.85 bits per heavy atom. The molecule has 6 nitrogen and oxygen atoms in total. The average molecular weight is 277 g/mol. The number of nitrogens with two attached hydrogens (primary N) is 1. The molecule has 0 fully saturated rings. The summed E-state index contributed by atoms with van der Waals surface area (Å²) in [6.07, 6.45) is 5.01. The van der Waals surface area contributed by atoms with E-state index in [9.17, 15) is 4.79 Å². The van der Waals surface area contributed by atoms with E-state index >= 15 is 0 Å². The van der Waals surface area contributed by atoms with Gasteiger partial charge in [0.2, 0.25) is 0 Å². The summed E-state index contributed by atoms with van der Waals surface area (Å²) >= 11 is 0. The minimum absolute atomic E-state index is 0.173. The second-order valence-corrected chi connectivity index (χ2v) is 5.07. The Morgan fingerprint density at radius 1 is 1.45 bits per heavy atom. The molecule has 0 saturated heterocycles. The Bertz CT molecular complexity index is 459. The largest absolute Gasteiger partial charge is 0.351 e. The number of pyridine rings is 1. The van der Waals surface area contributed by atoms with Gasteiger partial charge in [-0.1, -0.05) is 0 Å². The highest BCUT2D eigenvalue weighted by atomic mass is 16.2. The van der Waals surface area contributed by atoms with Gasteiger partial charge in [-0.25, -0.2) is 4.79 Å². The van der Waals surface area contributed by atoms with E-state index in [1.54, 1.807) is 0 Å². The van der Waals surface area contributed by atoms with E-state index in [1.165, 1.54) is 5.56 Å². The Morgan fingerprint density at radius 2 is 2.20 bits per heavy atom. The number of nitrogens with one attached hydrogen (secondary N) is 2. The average Bonchev–Trinajstić information content (AvgIpc) is 2.33. The molecule has 1 rings (SSSR count). The van der Waals surface area contributed by atoms with Crippen LogP contribution < -0.4 is 11.1 Å². The topological polar surface area (TPSA) is 95.1 Å². The minimum atomic E-state index is -0.673. The lowest BCUT2D eigenvalue weighted by molar-refractivity contribution is 0.253. The summed E-state index contributed by atoms with van der Waals surface area (Å²) in [7, 11) is 4.08. The van der Waals surface area contributed by atoms with Gasteiger partial charge in [0.25, 0.3) is 0 Å². The Hall–Kier alpha value is -1.95. The summed E-state index contributed by atoms with van der Waals surface area (Å²) in [5.41, 5.74) is 7.26. The lowest BCUT2D eigenvalue weighted by atomic mass is 10.1. The molecule has 0 aliphatic rings. The van der Waals surface area contributed by atoms with Crippen LogP contribution in [-0.4, -0.2) is 35.8 Å². The number of unbranched alkanes of at least 4 members (excludes halogenated alkanes) is 1. The summed E-state index contributed by atoms with van der Waals surface area (Å²) < 4.78 is 0. The zero-order chi connectivity index (χ0) is 15.0. The highest BCUT2D eigenvalue weighted by molar-refractivity contribution is 5.94. The second kappa shape index (κ2) is 8.27. The van der Waals surface area contributed by atoms with E-state index in [-0.39, 0.29) is 5.84 Å². The van der Waals surface area contributed by atoms with Crippen LogP contribution in [0.25, 0.3) is 0 Å². The van der Waals surface area contributed by atoms with Crippen LogP contribution in [0.3, 0.4) is 0 Å². The molecule has 0 atom stereocenters. The molecule has 0 bridgehead atoms. The third-order valence-corrected chi connectivity index (χ3v) is 2.76. The van der Waals surface area contributed by atoms with E-state index in [2.05, 4.69) is 21.3 Å². The van der Waals surface area contributed by atoms with Crippen LogP contribution in [-0.2, 0) is 13.0 Å². The van der Waals surface area contributed by atoms with Gasteiger partial charge in [-0.2, -0.15) is 0 Å². The Kier molecular flexibility index (Phi) is 6.66. The lowest BCUT2D eigenvalue weighted by Crippen LogP contribution is -2.34. The number of urea groups is 1. The highest BCUT2D eigenvalue weighted by Gasteiger charge is 2.02. The number of primary amides is 1. The lowest BCUT2D eigenvalue weighted by Gasteiger charge is -2.10. The number of hydrogen-bond donors (Lipinski definition) is 3. The number of amides is 2. The van der Waals surface area contributed by atoms with Gasteiger partial charge in [-0.3, -0.25) is 15.7 Å². The first-order valence-corrected chi connectivity index (χ1v) is 6.70. The molecule has 0 spiro atoms. The molecule has 1 aromatic rings. The van der Waals surface area contributed by atoms with Crippen molar-refractivity contribution in [2.75, 3.05) is 14.1 Å². The van der Waals surface area contributed by atoms with Crippen LogP contribution in [0.1, 0.15) is 30.5 Å². The van der Waals surface area contributed by atoms with Crippen molar-refractivity contribution in [3.63, 3.8) is 0 Å². The third kappa shape index (κ3) is 6.84. The summed E-state index contributed by atoms with van der Waals surface area (Å²) in [6.45, 7) is 0.905. The standard InChI is InChI=1S/C14H23N5O/c1-19(2)10-11-7-8-17-12(9-11)5-3-4-6-13(15)18-14(16)20/h7-9H,3-6,10H2,1-2H3,(H4,15,16,18,20). The molecular weight excluding hydrogens is 254 g/mol. The molecule has 4 N–H and O–H groups in total. The van der Waals surface area contributed by atoms with Crippen LogP contribution in [0.5, 0.6) is 0 Å². The van der Waals surface area contributed by atoms with E-state index < -0.39 is 6.03 Å². The first-order chi connectivity index (χ1) is 9.47. The van der Waals surface area contributed by atoms with E-state index in [0.29, 0.717) is 6.42 Å².